The van der Waals surface area contributed by atoms with Crippen LogP contribution in [0.1, 0.15) is 13.3 Å². The van der Waals surface area contributed by atoms with Crippen molar-refractivity contribution in [3.63, 3.8) is 0 Å². The number of sulfonamides is 1. The number of amides is 1. The Hall–Kier alpha value is -2.18. The van der Waals surface area contributed by atoms with E-state index in [4.69, 9.17) is 0 Å². The lowest BCUT2D eigenvalue weighted by molar-refractivity contribution is -0.132. The summed E-state index contributed by atoms with van der Waals surface area (Å²) in [5.74, 6) is 0.0734. The third-order valence-electron chi connectivity index (χ3n) is 4.49. The molecule has 0 aromatic heterocycles. The van der Waals surface area contributed by atoms with Crippen LogP contribution in [0.3, 0.4) is 0 Å². The van der Waals surface area contributed by atoms with Gasteiger partial charge in [0.1, 0.15) is 0 Å². The molecule has 6 heteroatoms. The molecule has 3 rings (SSSR count). The smallest absolute Gasteiger partial charge is 0.243 e. The Morgan fingerprint density at radius 1 is 0.880 bits per heavy atom. The van der Waals surface area contributed by atoms with Gasteiger partial charge in [0.05, 0.1) is 4.90 Å². The van der Waals surface area contributed by atoms with Crippen LogP contribution in [0, 0.1) is 0 Å². The molecule has 0 atom stereocenters. The first-order chi connectivity index (χ1) is 12.0. The maximum absolute atomic E-state index is 12.8. The first-order valence-corrected chi connectivity index (χ1v) is 9.90. The van der Waals surface area contributed by atoms with E-state index >= 15 is 0 Å². The second kappa shape index (κ2) is 7.37. The number of piperazine rings is 1. The van der Waals surface area contributed by atoms with Gasteiger partial charge in [0.2, 0.25) is 15.9 Å². The lowest BCUT2D eigenvalue weighted by Gasteiger charge is -2.33. The highest BCUT2D eigenvalue weighted by Crippen LogP contribution is 2.23. The molecule has 0 bridgehead atoms. The standard InChI is InChI=1S/C19H22N2O3S/c1-2-19(22)20-12-14-21(15-13-20)25(23,24)18-10-8-17(9-11-18)16-6-4-3-5-7-16/h3-11H,2,12-15H2,1H3. The van der Waals surface area contributed by atoms with Gasteiger partial charge in [0.25, 0.3) is 0 Å². The third-order valence-corrected chi connectivity index (χ3v) is 6.41. The Morgan fingerprint density at radius 3 is 2.00 bits per heavy atom. The van der Waals surface area contributed by atoms with E-state index in [2.05, 4.69) is 0 Å². The normalized spacial score (nSPS) is 16.0. The molecular weight excluding hydrogens is 336 g/mol. The quantitative estimate of drug-likeness (QED) is 0.844. The fraction of sp³-hybridized carbons (Fsp3) is 0.316. The zero-order chi connectivity index (χ0) is 17.9. The number of hydrogen-bond acceptors (Lipinski definition) is 3. The molecule has 1 saturated heterocycles. The highest BCUT2D eigenvalue weighted by molar-refractivity contribution is 7.89. The van der Waals surface area contributed by atoms with Crippen molar-refractivity contribution in [2.24, 2.45) is 0 Å². The average Bonchev–Trinajstić information content (AvgIpc) is 2.68. The van der Waals surface area contributed by atoms with E-state index in [-0.39, 0.29) is 5.91 Å². The molecule has 0 unspecified atom stereocenters. The van der Waals surface area contributed by atoms with Crippen molar-refractivity contribution in [1.82, 2.24) is 9.21 Å². The average molecular weight is 358 g/mol. The molecule has 1 aliphatic rings. The van der Waals surface area contributed by atoms with Crippen LogP contribution in [-0.4, -0.2) is 49.7 Å². The summed E-state index contributed by atoms with van der Waals surface area (Å²) in [6.07, 6.45) is 0.452. The van der Waals surface area contributed by atoms with Crippen LogP contribution in [0.4, 0.5) is 0 Å². The Bertz CT molecular complexity index is 825. The van der Waals surface area contributed by atoms with Crippen molar-refractivity contribution in [3.05, 3.63) is 54.6 Å². The zero-order valence-corrected chi connectivity index (χ0v) is 15.1. The largest absolute Gasteiger partial charge is 0.340 e. The summed E-state index contributed by atoms with van der Waals surface area (Å²) in [7, 11) is -3.52. The van der Waals surface area contributed by atoms with Gasteiger partial charge in [-0.15, -0.1) is 0 Å². The topological polar surface area (TPSA) is 57.7 Å². The van der Waals surface area contributed by atoms with Crippen molar-refractivity contribution in [2.75, 3.05) is 26.2 Å². The summed E-state index contributed by atoms with van der Waals surface area (Å²) in [5, 5.41) is 0. The second-order valence-electron chi connectivity index (χ2n) is 6.03. The SMILES string of the molecule is CCC(=O)N1CCN(S(=O)(=O)c2ccc(-c3ccccc3)cc2)CC1. The van der Waals surface area contributed by atoms with Crippen LogP contribution in [-0.2, 0) is 14.8 Å². The minimum atomic E-state index is -3.52. The predicted molar refractivity (Wildman–Crippen MR) is 97.5 cm³/mol. The van der Waals surface area contributed by atoms with E-state index < -0.39 is 10.0 Å². The summed E-state index contributed by atoms with van der Waals surface area (Å²) < 4.78 is 27.1. The van der Waals surface area contributed by atoms with E-state index in [9.17, 15) is 13.2 Å². The molecule has 5 nitrogen and oxygen atoms in total. The minimum Gasteiger partial charge on any atom is -0.340 e. The molecular formula is C19H22N2O3S. The van der Waals surface area contributed by atoms with Crippen molar-refractivity contribution in [1.29, 1.82) is 0 Å². The minimum absolute atomic E-state index is 0.0734. The van der Waals surface area contributed by atoms with Crippen molar-refractivity contribution < 1.29 is 13.2 Å². The van der Waals surface area contributed by atoms with E-state index in [0.717, 1.165) is 11.1 Å². The number of carbonyl (C=O) groups is 1. The molecule has 1 fully saturated rings. The van der Waals surface area contributed by atoms with Gasteiger partial charge in [0, 0.05) is 32.6 Å². The van der Waals surface area contributed by atoms with Crippen molar-refractivity contribution in [3.8, 4) is 11.1 Å². The number of nitrogens with zero attached hydrogens (tertiary/aromatic N) is 2. The Balaban J connectivity index is 1.74. The fourth-order valence-electron chi connectivity index (χ4n) is 3.00. The molecule has 0 spiro atoms. The van der Waals surface area contributed by atoms with Gasteiger partial charge in [-0.05, 0) is 23.3 Å². The number of rotatable bonds is 4. The molecule has 1 aliphatic heterocycles. The first kappa shape index (κ1) is 17.6. The first-order valence-electron chi connectivity index (χ1n) is 8.46. The van der Waals surface area contributed by atoms with Gasteiger partial charge in [-0.3, -0.25) is 4.79 Å². The zero-order valence-electron chi connectivity index (χ0n) is 14.3. The summed E-state index contributed by atoms with van der Waals surface area (Å²) in [6, 6.07) is 16.8. The van der Waals surface area contributed by atoms with Gasteiger partial charge < -0.3 is 4.90 Å². The number of benzene rings is 2. The lowest BCUT2D eigenvalue weighted by Crippen LogP contribution is -2.50. The molecule has 2 aromatic rings. The summed E-state index contributed by atoms with van der Waals surface area (Å²) in [4.78, 5) is 13.7. The second-order valence-corrected chi connectivity index (χ2v) is 7.97. The lowest BCUT2D eigenvalue weighted by atomic mass is 10.1. The molecule has 132 valence electrons. The predicted octanol–water partition coefficient (Wildman–Crippen LogP) is 2.60. The van der Waals surface area contributed by atoms with Crippen molar-refractivity contribution >= 4 is 15.9 Å². The highest BCUT2D eigenvalue weighted by Gasteiger charge is 2.29. The molecule has 1 amide bonds. The molecule has 1 heterocycles. The molecule has 0 aliphatic carbocycles. The van der Waals surface area contributed by atoms with E-state index in [1.165, 1.54) is 4.31 Å². The monoisotopic (exact) mass is 358 g/mol. The van der Waals surface area contributed by atoms with Gasteiger partial charge in [-0.25, -0.2) is 8.42 Å². The summed E-state index contributed by atoms with van der Waals surface area (Å²) in [5.41, 5.74) is 2.04. The van der Waals surface area contributed by atoms with Crippen LogP contribution in [0.5, 0.6) is 0 Å². The number of hydrogen-bond donors (Lipinski definition) is 0. The maximum atomic E-state index is 12.8. The van der Waals surface area contributed by atoms with E-state index in [1.54, 1.807) is 17.0 Å². The summed E-state index contributed by atoms with van der Waals surface area (Å²) >= 11 is 0. The third kappa shape index (κ3) is 3.75. The summed E-state index contributed by atoms with van der Waals surface area (Å²) in [6.45, 7) is 3.41. The Labute approximate surface area is 148 Å². The van der Waals surface area contributed by atoms with Gasteiger partial charge in [-0.1, -0.05) is 49.4 Å². The van der Waals surface area contributed by atoms with Gasteiger partial charge in [-0.2, -0.15) is 4.31 Å². The van der Waals surface area contributed by atoms with Crippen LogP contribution in [0.25, 0.3) is 11.1 Å². The van der Waals surface area contributed by atoms with E-state index in [0.29, 0.717) is 37.5 Å². The Morgan fingerprint density at radius 2 is 1.44 bits per heavy atom. The Kier molecular flexibility index (Phi) is 5.20. The molecule has 0 N–H and O–H groups in total. The van der Waals surface area contributed by atoms with Gasteiger partial charge in [0.15, 0.2) is 0 Å². The molecule has 2 aromatic carbocycles. The maximum Gasteiger partial charge on any atom is 0.243 e. The van der Waals surface area contributed by atoms with Crippen LogP contribution in [0.2, 0.25) is 0 Å². The molecule has 0 radical (unpaired) electrons. The highest BCUT2D eigenvalue weighted by atomic mass is 32.2. The van der Waals surface area contributed by atoms with Crippen molar-refractivity contribution in [2.45, 2.75) is 18.2 Å². The van der Waals surface area contributed by atoms with Crippen LogP contribution >= 0.6 is 0 Å². The van der Waals surface area contributed by atoms with Gasteiger partial charge >= 0.3 is 0 Å². The fourth-order valence-corrected chi connectivity index (χ4v) is 4.42. The van der Waals surface area contributed by atoms with E-state index in [1.807, 2.05) is 49.4 Å². The molecule has 0 saturated carbocycles. The van der Waals surface area contributed by atoms with Crippen LogP contribution < -0.4 is 0 Å². The van der Waals surface area contributed by atoms with Crippen LogP contribution in [0.15, 0.2) is 59.5 Å². The molecule has 25 heavy (non-hydrogen) atoms. The number of carbonyl (C=O) groups excluding carboxylic acids is 1.